The number of fused-ring (bicyclic) bond motifs is 1. The van der Waals surface area contributed by atoms with Gasteiger partial charge in [0.1, 0.15) is 11.3 Å². The molecule has 0 saturated carbocycles. The van der Waals surface area contributed by atoms with Gasteiger partial charge in [-0.1, -0.05) is 13.3 Å². The molecule has 2 N–H and O–H groups in total. The Morgan fingerprint density at radius 2 is 2.17 bits per heavy atom. The topological polar surface area (TPSA) is 56.7 Å². The molecule has 0 fully saturated rings. The number of pyridine rings is 1. The average molecular weight is 246 g/mol. The molecular weight excluding hydrogens is 224 g/mol. The Bertz CT molecular complexity index is 511. The first kappa shape index (κ1) is 13.0. The van der Waals surface area contributed by atoms with E-state index in [0.29, 0.717) is 18.5 Å². The van der Waals surface area contributed by atoms with Crippen molar-refractivity contribution in [3.05, 3.63) is 24.2 Å². The minimum atomic E-state index is 0.371. The SMILES string of the molecule is CCC(CN)Cc1nc2cccnc2n1C(C)C. The van der Waals surface area contributed by atoms with Crippen LogP contribution in [0.5, 0.6) is 0 Å². The molecule has 1 unspecified atom stereocenters. The molecule has 0 aromatic carbocycles. The molecular formula is C14H22N4. The summed E-state index contributed by atoms with van der Waals surface area (Å²) < 4.78 is 2.23. The predicted molar refractivity (Wildman–Crippen MR) is 74.5 cm³/mol. The molecule has 0 radical (unpaired) electrons. The fraction of sp³-hybridized carbons (Fsp3) is 0.571. The van der Waals surface area contributed by atoms with Gasteiger partial charge in [0, 0.05) is 18.7 Å². The van der Waals surface area contributed by atoms with E-state index < -0.39 is 0 Å². The van der Waals surface area contributed by atoms with E-state index in [1.807, 2.05) is 18.3 Å². The summed E-state index contributed by atoms with van der Waals surface area (Å²) in [5, 5.41) is 0. The second-order valence-electron chi connectivity index (χ2n) is 5.05. The zero-order valence-corrected chi connectivity index (χ0v) is 11.4. The van der Waals surface area contributed by atoms with Gasteiger partial charge in [0.25, 0.3) is 0 Å². The maximum atomic E-state index is 5.80. The minimum absolute atomic E-state index is 0.371. The van der Waals surface area contributed by atoms with Crippen LogP contribution in [0.25, 0.3) is 11.2 Å². The lowest BCUT2D eigenvalue weighted by atomic mass is 10.0. The van der Waals surface area contributed by atoms with Crippen LogP contribution < -0.4 is 5.73 Å². The van der Waals surface area contributed by atoms with Gasteiger partial charge in [0.15, 0.2) is 5.65 Å². The molecule has 0 spiro atoms. The number of nitrogens with zero attached hydrogens (tertiary/aromatic N) is 3. The van der Waals surface area contributed by atoms with Gasteiger partial charge in [-0.25, -0.2) is 9.97 Å². The summed E-state index contributed by atoms with van der Waals surface area (Å²) in [5.74, 6) is 1.61. The number of imidazole rings is 1. The molecule has 0 bridgehead atoms. The lowest BCUT2D eigenvalue weighted by Gasteiger charge is -2.16. The first-order chi connectivity index (χ1) is 8.67. The largest absolute Gasteiger partial charge is 0.330 e. The fourth-order valence-corrected chi connectivity index (χ4v) is 2.32. The van der Waals surface area contributed by atoms with Crippen LogP contribution in [0.1, 0.15) is 39.1 Å². The average Bonchev–Trinajstić information content (AvgIpc) is 2.73. The second-order valence-corrected chi connectivity index (χ2v) is 5.05. The molecule has 98 valence electrons. The van der Waals surface area contributed by atoms with Crippen molar-refractivity contribution in [1.29, 1.82) is 0 Å². The Kier molecular flexibility index (Phi) is 3.97. The summed E-state index contributed by atoms with van der Waals surface area (Å²) in [5.41, 5.74) is 7.76. The molecule has 2 rings (SSSR count). The van der Waals surface area contributed by atoms with Crippen molar-refractivity contribution in [3.63, 3.8) is 0 Å². The summed E-state index contributed by atoms with van der Waals surface area (Å²) in [6.45, 7) is 7.23. The first-order valence-corrected chi connectivity index (χ1v) is 6.69. The summed E-state index contributed by atoms with van der Waals surface area (Å²) in [7, 11) is 0. The van der Waals surface area contributed by atoms with Gasteiger partial charge in [-0.05, 0) is 38.4 Å². The summed E-state index contributed by atoms with van der Waals surface area (Å²) in [6, 6.07) is 4.33. The molecule has 0 aliphatic heterocycles. The van der Waals surface area contributed by atoms with Crippen LogP contribution in [0.15, 0.2) is 18.3 Å². The molecule has 1 atom stereocenters. The van der Waals surface area contributed by atoms with E-state index in [1.165, 1.54) is 0 Å². The van der Waals surface area contributed by atoms with Gasteiger partial charge in [0.2, 0.25) is 0 Å². The van der Waals surface area contributed by atoms with Crippen LogP contribution in [0.3, 0.4) is 0 Å². The third kappa shape index (κ3) is 2.38. The number of hydrogen-bond acceptors (Lipinski definition) is 3. The Hall–Kier alpha value is -1.42. The van der Waals surface area contributed by atoms with Gasteiger partial charge in [0.05, 0.1) is 0 Å². The zero-order valence-electron chi connectivity index (χ0n) is 11.4. The van der Waals surface area contributed by atoms with E-state index in [4.69, 9.17) is 10.7 Å². The van der Waals surface area contributed by atoms with Crippen molar-refractivity contribution in [1.82, 2.24) is 14.5 Å². The summed E-state index contributed by atoms with van der Waals surface area (Å²) >= 11 is 0. The molecule has 18 heavy (non-hydrogen) atoms. The minimum Gasteiger partial charge on any atom is -0.330 e. The molecule has 4 heteroatoms. The van der Waals surface area contributed by atoms with Crippen molar-refractivity contribution in [3.8, 4) is 0 Å². The van der Waals surface area contributed by atoms with Crippen LogP contribution in [0, 0.1) is 5.92 Å². The van der Waals surface area contributed by atoms with Crippen LogP contribution in [-0.2, 0) is 6.42 Å². The van der Waals surface area contributed by atoms with Gasteiger partial charge in [-0.15, -0.1) is 0 Å². The van der Waals surface area contributed by atoms with Crippen molar-refractivity contribution in [2.75, 3.05) is 6.54 Å². The van der Waals surface area contributed by atoms with Gasteiger partial charge >= 0.3 is 0 Å². The van der Waals surface area contributed by atoms with E-state index in [1.54, 1.807) is 0 Å². The van der Waals surface area contributed by atoms with E-state index in [-0.39, 0.29) is 0 Å². The highest BCUT2D eigenvalue weighted by Crippen LogP contribution is 2.21. The Morgan fingerprint density at radius 1 is 1.39 bits per heavy atom. The molecule has 0 saturated heterocycles. The van der Waals surface area contributed by atoms with Gasteiger partial charge in [-0.3, -0.25) is 0 Å². The number of aromatic nitrogens is 3. The summed E-state index contributed by atoms with van der Waals surface area (Å²) in [6.07, 6.45) is 3.85. The van der Waals surface area contributed by atoms with Crippen LogP contribution >= 0.6 is 0 Å². The van der Waals surface area contributed by atoms with E-state index >= 15 is 0 Å². The highest BCUT2D eigenvalue weighted by Gasteiger charge is 2.16. The van der Waals surface area contributed by atoms with Crippen molar-refractivity contribution >= 4 is 11.2 Å². The standard InChI is InChI=1S/C14H22N4/c1-4-11(9-15)8-13-17-12-6-5-7-16-14(12)18(13)10(2)3/h5-7,10-11H,4,8-9,15H2,1-3H3. The van der Waals surface area contributed by atoms with Gasteiger partial charge < -0.3 is 10.3 Å². The smallest absolute Gasteiger partial charge is 0.160 e. The maximum Gasteiger partial charge on any atom is 0.160 e. The molecule has 0 aliphatic carbocycles. The van der Waals surface area contributed by atoms with Crippen LogP contribution in [-0.4, -0.2) is 21.1 Å². The third-order valence-corrected chi connectivity index (χ3v) is 3.42. The van der Waals surface area contributed by atoms with Gasteiger partial charge in [-0.2, -0.15) is 0 Å². The van der Waals surface area contributed by atoms with Crippen molar-refractivity contribution in [2.24, 2.45) is 11.7 Å². The zero-order chi connectivity index (χ0) is 13.1. The molecule has 2 heterocycles. The quantitative estimate of drug-likeness (QED) is 0.882. The van der Waals surface area contributed by atoms with Crippen LogP contribution in [0.2, 0.25) is 0 Å². The number of nitrogens with two attached hydrogens (primary N) is 1. The number of rotatable bonds is 5. The third-order valence-electron chi connectivity index (χ3n) is 3.42. The summed E-state index contributed by atoms with van der Waals surface area (Å²) in [4.78, 5) is 9.17. The predicted octanol–water partition coefficient (Wildman–Crippen LogP) is 2.54. The first-order valence-electron chi connectivity index (χ1n) is 6.69. The molecule has 2 aromatic rings. The fourth-order valence-electron chi connectivity index (χ4n) is 2.32. The number of hydrogen-bond donors (Lipinski definition) is 1. The van der Waals surface area contributed by atoms with E-state index in [2.05, 4.69) is 30.3 Å². The normalized spacial score (nSPS) is 13.4. The van der Waals surface area contributed by atoms with Crippen molar-refractivity contribution < 1.29 is 0 Å². The highest BCUT2D eigenvalue weighted by molar-refractivity contribution is 5.71. The maximum absolute atomic E-state index is 5.80. The lowest BCUT2D eigenvalue weighted by Crippen LogP contribution is -2.19. The monoisotopic (exact) mass is 246 g/mol. The molecule has 4 nitrogen and oxygen atoms in total. The highest BCUT2D eigenvalue weighted by atomic mass is 15.1. The van der Waals surface area contributed by atoms with Crippen LogP contribution in [0.4, 0.5) is 0 Å². The van der Waals surface area contributed by atoms with E-state index in [9.17, 15) is 0 Å². The Balaban J connectivity index is 2.45. The molecule has 0 amide bonds. The van der Waals surface area contributed by atoms with E-state index in [0.717, 1.165) is 29.8 Å². The molecule has 2 aromatic heterocycles. The second kappa shape index (κ2) is 5.48. The molecule has 0 aliphatic rings. The van der Waals surface area contributed by atoms with Crippen molar-refractivity contribution in [2.45, 2.75) is 39.7 Å². The Labute approximate surface area is 108 Å². The lowest BCUT2D eigenvalue weighted by molar-refractivity contribution is 0.477. The Morgan fingerprint density at radius 3 is 2.78 bits per heavy atom.